The van der Waals surface area contributed by atoms with Gasteiger partial charge in [0.1, 0.15) is 5.01 Å². The van der Waals surface area contributed by atoms with Crippen molar-refractivity contribution in [1.29, 1.82) is 0 Å². The summed E-state index contributed by atoms with van der Waals surface area (Å²) in [5.41, 5.74) is 0. The van der Waals surface area contributed by atoms with Gasteiger partial charge in [0, 0.05) is 19.0 Å². The number of hydrogen-bond donors (Lipinski definition) is 2. The van der Waals surface area contributed by atoms with Crippen LogP contribution in [0.1, 0.15) is 37.6 Å². The number of anilines is 1. The minimum atomic E-state index is -4.68. The maximum Gasteiger partial charge on any atom is 0.394 e. The number of urea groups is 1. The number of carbonyl (C=O) groups excluding carboxylic acids is 1. The maximum atomic E-state index is 13.0. The van der Waals surface area contributed by atoms with Gasteiger partial charge in [0.05, 0.1) is 11.8 Å². The molecule has 0 unspecified atom stereocenters. The monoisotopic (exact) mass is 380 g/mol. The van der Waals surface area contributed by atoms with Crippen molar-refractivity contribution in [3.05, 3.63) is 5.01 Å². The molecular formula is C14H19F3N4O3S. The Morgan fingerprint density at radius 3 is 2.44 bits per heavy atom. The van der Waals surface area contributed by atoms with Crippen molar-refractivity contribution in [2.24, 2.45) is 11.8 Å². The summed E-state index contributed by atoms with van der Waals surface area (Å²) in [5.74, 6) is -5.10. The Hall–Kier alpha value is -1.91. The van der Waals surface area contributed by atoms with Crippen LogP contribution < -0.4 is 5.32 Å². The molecule has 2 heterocycles. The van der Waals surface area contributed by atoms with E-state index in [9.17, 15) is 22.8 Å². The molecule has 0 saturated carbocycles. The summed E-state index contributed by atoms with van der Waals surface area (Å²) in [6, 6.07) is -0.801. The Bertz CT molecular complexity index is 633. The fourth-order valence-electron chi connectivity index (χ4n) is 2.81. The lowest BCUT2D eigenvalue weighted by Gasteiger charge is -2.18. The van der Waals surface area contributed by atoms with Crippen molar-refractivity contribution in [1.82, 2.24) is 15.1 Å². The van der Waals surface area contributed by atoms with E-state index in [1.54, 1.807) is 0 Å². The SMILES string of the molecule is CCC(CC)c1nnc(NC(=O)N2C[C@@H](C(F)(F)F)[C@H](C(=O)O)C2)s1. The second-order valence-electron chi connectivity index (χ2n) is 5.89. The Balaban J connectivity index is 2.05. The van der Waals surface area contributed by atoms with Gasteiger partial charge in [-0.3, -0.25) is 10.1 Å². The molecule has 2 atom stereocenters. The van der Waals surface area contributed by atoms with Gasteiger partial charge in [-0.2, -0.15) is 13.2 Å². The summed E-state index contributed by atoms with van der Waals surface area (Å²) in [6.45, 7) is 2.82. The number of aromatic nitrogens is 2. The Morgan fingerprint density at radius 1 is 1.32 bits per heavy atom. The third-order valence-corrected chi connectivity index (χ3v) is 5.34. The molecule has 1 aromatic heterocycles. The molecule has 1 saturated heterocycles. The number of alkyl halides is 3. The van der Waals surface area contributed by atoms with Gasteiger partial charge in [-0.05, 0) is 12.8 Å². The molecule has 0 spiro atoms. The number of aliphatic carboxylic acids is 1. The van der Waals surface area contributed by atoms with E-state index in [4.69, 9.17) is 5.11 Å². The molecule has 11 heteroatoms. The van der Waals surface area contributed by atoms with Crippen LogP contribution in [0.15, 0.2) is 0 Å². The van der Waals surface area contributed by atoms with Gasteiger partial charge in [0.2, 0.25) is 5.13 Å². The number of amides is 2. The second kappa shape index (κ2) is 7.54. The first kappa shape index (κ1) is 19.4. The highest BCUT2D eigenvalue weighted by atomic mass is 32.1. The zero-order valence-electron chi connectivity index (χ0n) is 13.7. The molecule has 0 aliphatic carbocycles. The van der Waals surface area contributed by atoms with Crippen LogP contribution in [-0.2, 0) is 4.79 Å². The van der Waals surface area contributed by atoms with Gasteiger partial charge in [0.25, 0.3) is 0 Å². The van der Waals surface area contributed by atoms with Crippen LogP contribution in [0.25, 0.3) is 0 Å². The van der Waals surface area contributed by atoms with E-state index < -0.39 is 43.1 Å². The number of hydrogen-bond acceptors (Lipinski definition) is 5. The van der Waals surface area contributed by atoms with Gasteiger partial charge in [-0.25, -0.2) is 4.79 Å². The first-order valence-corrected chi connectivity index (χ1v) is 8.67. The highest BCUT2D eigenvalue weighted by molar-refractivity contribution is 7.15. The lowest BCUT2D eigenvalue weighted by Crippen LogP contribution is -2.35. The zero-order valence-corrected chi connectivity index (χ0v) is 14.5. The zero-order chi connectivity index (χ0) is 18.8. The van der Waals surface area contributed by atoms with E-state index in [1.807, 2.05) is 13.8 Å². The lowest BCUT2D eigenvalue weighted by atomic mass is 9.96. The predicted molar refractivity (Wildman–Crippen MR) is 84.5 cm³/mol. The van der Waals surface area contributed by atoms with Gasteiger partial charge >= 0.3 is 18.2 Å². The molecule has 2 rings (SSSR count). The third-order valence-electron chi connectivity index (χ3n) is 4.33. The molecule has 7 nitrogen and oxygen atoms in total. The summed E-state index contributed by atoms with van der Waals surface area (Å²) >= 11 is 1.17. The number of rotatable bonds is 5. The highest BCUT2D eigenvalue weighted by Crippen LogP contribution is 2.38. The largest absolute Gasteiger partial charge is 0.481 e. The average molecular weight is 380 g/mol. The summed E-state index contributed by atoms with van der Waals surface area (Å²) in [5, 5.41) is 20.2. The minimum Gasteiger partial charge on any atom is -0.481 e. The normalized spacial score (nSPS) is 21.0. The molecule has 2 amide bonds. The molecule has 0 radical (unpaired) electrons. The number of nitrogens with one attached hydrogen (secondary N) is 1. The number of likely N-dealkylation sites (tertiary alicyclic amines) is 1. The fraction of sp³-hybridized carbons (Fsp3) is 0.714. The van der Waals surface area contributed by atoms with Crippen LogP contribution in [0.5, 0.6) is 0 Å². The molecule has 1 aliphatic heterocycles. The molecule has 140 valence electrons. The number of carboxylic acid groups (broad SMARTS) is 1. The molecule has 25 heavy (non-hydrogen) atoms. The highest BCUT2D eigenvalue weighted by Gasteiger charge is 2.53. The van der Waals surface area contributed by atoms with E-state index in [1.165, 1.54) is 11.3 Å². The van der Waals surface area contributed by atoms with Crippen molar-refractivity contribution in [3.8, 4) is 0 Å². The van der Waals surface area contributed by atoms with Gasteiger partial charge < -0.3 is 10.0 Å². The second-order valence-corrected chi connectivity index (χ2v) is 6.90. The Morgan fingerprint density at radius 2 is 1.96 bits per heavy atom. The molecule has 1 fully saturated rings. The molecule has 1 aliphatic rings. The molecule has 1 aromatic rings. The third kappa shape index (κ3) is 4.39. The minimum absolute atomic E-state index is 0.189. The first-order chi connectivity index (χ1) is 11.7. The van der Waals surface area contributed by atoms with Crippen LogP contribution in [0.2, 0.25) is 0 Å². The van der Waals surface area contributed by atoms with Crippen LogP contribution in [0.3, 0.4) is 0 Å². The van der Waals surface area contributed by atoms with Gasteiger partial charge in [-0.15, -0.1) is 10.2 Å². The van der Waals surface area contributed by atoms with E-state index in [-0.39, 0.29) is 11.0 Å². The van der Waals surface area contributed by atoms with Gasteiger partial charge in [-0.1, -0.05) is 25.2 Å². The Labute approximate surface area is 146 Å². The number of nitrogens with zero attached hydrogens (tertiary/aromatic N) is 3. The first-order valence-electron chi connectivity index (χ1n) is 7.86. The molecule has 0 bridgehead atoms. The van der Waals surface area contributed by atoms with Crippen molar-refractivity contribution in [3.63, 3.8) is 0 Å². The standard InChI is InChI=1S/C14H19F3N4O3S/c1-3-7(4-2)10-19-20-12(25-10)18-13(24)21-5-8(11(22)23)9(6-21)14(15,16)17/h7-9H,3-6H2,1-2H3,(H,22,23)(H,18,20,24)/t8-,9-/m1/s1. The van der Waals surface area contributed by atoms with Crippen LogP contribution in [0.4, 0.5) is 23.1 Å². The van der Waals surface area contributed by atoms with Crippen LogP contribution >= 0.6 is 11.3 Å². The summed E-state index contributed by atoms with van der Waals surface area (Å²) in [6.07, 6.45) is -2.96. The maximum absolute atomic E-state index is 13.0. The van der Waals surface area contributed by atoms with Gasteiger partial charge in [0.15, 0.2) is 0 Å². The lowest BCUT2D eigenvalue weighted by molar-refractivity contribution is -0.187. The predicted octanol–water partition coefficient (Wildman–Crippen LogP) is 3.17. The van der Waals surface area contributed by atoms with Crippen molar-refractivity contribution in [2.45, 2.75) is 38.8 Å². The number of carboxylic acids is 1. The van der Waals surface area contributed by atoms with Crippen molar-refractivity contribution in [2.75, 3.05) is 18.4 Å². The number of carbonyl (C=O) groups is 2. The Kier molecular flexibility index (Phi) is 5.86. The molecular weight excluding hydrogens is 361 g/mol. The topological polar surface area (TPSA) is 95.4 Å². The van der Waals surface area contributed by atoms with Crippen LogP contribution in [0, 0.1) is 11.8 Å². The summed E-state index contributed by atoms with van der Waals surface area (Å²) < 4.78 is 38.9. The summed E-state index contributed by atoms with van der Waals surface area (Å²) in [7, 11) is 0. The average Bonchev–Trinajstić information content (AvgIpc) is 3.15. The van der Waals surface area contributed by atoms with E-state index in [0.29, 0.717) is 0 Å². The van der Waals surface area contributed by atoms with Crippen molar-refractivity contribution < 1.29 is 27.9 Å². The smallest absolute Gasteiger partial charge is 0.394 e. The van der Waals surface area contributed by atoms with E-state index in [0.717, 1.165) is 22.7 Å². The van der Waals surface area contributed by atoms with Crippen molar-refractivity contribution >= 4 is 28.5 Å². The van der Waals surface area contributed by atoms with E-state index >= 15 is 0 Å². The number of halogens is 3. The quantitative estimate of drug-likeness (QED) is 0.818. The fourth-order valence-corrected chi connectivity index (χ4v) is 3.81. The molecule has 0 aromatic carbocycles. The van der Waals surface area contributed by atoms with Crippen LogP contribution in [-0.4, -0.2) is 51.5 Å². The molecule has 2 N–H and O–H groups in total. The summed E-state index contributed by atoms with van der Waals surface area (Å²) in [4.78, 5) is 24.1. The van der Waals surface area contributed by atoms with E-state index in [2.05, 4.69) is 15.5 Å².